The van der Waals surface area contributed by atoms with E-state index in [1.165, 1.54) is 5.56 Å². The Morgan fingerprint density at radius 1 is 1.19 bits per heavy atom. The summed E-state index contributed by atoms with van der Waals surface area (Å²) < 4.78 is 9.10. The van der Waals surface area contributed by atoms with Gasteiger partial charge >= 0.3 is 0 Å². The lowest BCUT2D eigenvalue weighted by Gasteiger charge is -2.07. The van der Waals surface area contributed by atoms with Crippen molar-refractivity contribution < 1.29 is 9.53 Å². The normalized spacial score (nSPS) is 16.5. The fraction of sp³-hybridized carbons (Fsp3) is 0.368. The van der Waals surface area contributed by atoms with Gasteiger partial charge in [0.15, 0.2) is 5.69 Å². The van der Waals surface area contributed by atoms with E-state index >= 15 is 0 Å². The topological polar surface area (TPSA) is 86.9 Å². The van der Waals surface area contributed by atoms with Crippen LogP contribution in [0.3, 0.4) is 0 Å². The quantitative estimate of drug-likeness (QED) is 0.687. The summed E-state index contributed by atoms with van der Waals surface area (Å²) in [6, 6.07) is 10.1. The second-order valence-corrected chi connectivity index (χ2v) is 6.68. The highest BCUT2D eigenvalue weighted by Crippen LogP contribution is 2.13. The number of rotatable bonds is 7. The number of hydrogen-bond donors (Lipinski definition) is 1. The average Bonchev–Trinajstić information content (AvgIpc) is 3.44. The molecule has 8 heteroatoms. The maximum atomic E-state index is 12.3. The molecule has 2 aromatic heterocycles. The second-order valence-electron chi connectivity index (χ2n) is 6.68. The van der Waals surface area contributed by atoms with Crippen LogP contribution in [0.5, 0.6) is 0 Å². The van der Waals surface area contributed by atoms with Gasteiger partial charge < -0.3 is 10.1 Å². The van der Waals surface area contributed by atoms with Crippen LogP contribution in [0.4, 0.5) is 0 Å². The summed E-state index contributed by atoms with van der Waals surface area (Å²) in [5, 5.41) is 15.2. The molecule has 3 aromatic rings. The Balaban J connectivity index is 1.28. The van der Waals surface area contributed by atoms with Crippen molar-refractivity contribution >= 4 is 5.91 Å². The van der Waals surface area contributed by atoms with E-state index in [9.17, 15) is 4.79 Å². The Kier molecular flexibility index (Phi) is 5.24. The molecule has 1 amide bonds. The molecule has 1 saturated heterocycles. The van der Waals surface area contributed by atoms with Crippen molar-refractivity contribution in [3.8, 4) is 0 Å². The van der Waals surface area contributed by atoms with Gasteiger partial charge in [-0.1, -0.05) is 35.5 Å². The van der Waals surface area contributed by atoms with Gasteiger partial charge in [0.05, 0.1) is 31.6 Å². The molecule has 27 heavy (non-hydrogen) atoms. The van der Waals surface area contributed by atoms with E-state index in [1.807, 2.05) is 29.1 Å². The average molecular weight is 366 g/mol. The number of carbonyl (C=O) groups is 1. The van der Waals surface area contributed by atoms with Gasteiger partial charge in [0.1, 0.15) is 0 Å². The summed E-state index contributed by atoms with van der Waals surface area (Å²) in [4.78, 5) is 12.3. The third-order valence-electron chi connectivity index (χ3n) is 4.51. The molecule has 1 fully saturated rings. The van der Waals surface area contributed by atoms with Crippen molar-refractivity contribution in [1.82, 2.24) is 30.1 Å². The summed E-state index contributed by atoms with van der Waals surface area (Å²) >= 11 is 0. The predicted octanol–water partition coefficient (Wildman–Crippen LogP) is 1.63. The van der Waals surface area contributed by atoms with Gasteiger partial charge in [-0.3, -0.25) is 9.48 Å². The highest BCUT2D eigenvalue weighted by atomic mass is 16.5. The first-order valence-corrected chi connectivity index (χ1v) is 9.11. The molecule has 0 saturated carbocycles. The zero-order valence-electron chi connectivity index (χ0n) is 15.0. The SMILES string of the molecule is O=C(NCc1cnn(Cc2ccccc2)c1)c1cn(CC2CCCO2)nn1. The summed E-state index contributed by atoms with van der Waals surface area (Å²) in [6.07, 6.45) is 7.62. The molecule has 1 aromatic carbocycles. The number of aromatic nitrogens is 5. The summed E-state index contributed by atoms with van der Waals surface area (Å²) in [5.74, 6) is -0.246. The van der Waals surface area contributed by atoms with Crippen molar-refractivity contribution in [1.29, 1.82) is 0 Å². The van der Waals surface area contributed by atoms with Crippen LogP contribution in [-0.4, -0.2) is 43.4 Å². The van der Waals surface area contributed by atoms with E-state index in [0.717, 1.165) is 25.0 Å². The molecule has 3 heterocycles. The van der Waals surface area contributed by atoms with Crippen LogP contribution in [0.1, 0.15) is 34.5 Å². The van der Waals surface area contributed by atoms with Gasteiger partial charge in [-0.25, -0.2) is 4.68 Å². The smallest absolute Gasteiger partial charge is 0.273 e. The van der Waals surface area contributed by atoms with Crippen LogP contribution < -0.4 is 5.32 Å². The van der Waals surface area contributed by atoms with Crippen molar-refractivity contribution in [3.63, 3.8) is 0 Å². The maximum absolute atomic E-state index is 12.3. The van der Waals surface area contributed by atoms with Crippen molar-refractivity contribution in [3.05, 3.63) is 65.7 Å². The standard InChI is InChI=1S/C19H22N6O2/c26-19(18-14-25(23-22-18)13-17-7-4-8-27-17)20-9-16-10-21-24(12-16)11-15-5-2-1-3-6-15/h1-3,5-6,10,12,14,17H,4,7-9,11,13H2,(H,20,26). The minimum atomic E-state index is -0.246. The molecule has 1 unspecified atom stereocenters. The van der Waals surface area contributed by atoms with Crippen LogP contribution in [0.25, 0.3) is 0 Å². The lowest BCUT2D eigenvalue weighted by molar-refractivity contribution is 0.0929. The Morgan fingerprint density at radius 2 is 2.07 bits per heavy atom. The second kappa shape index (κ2) is 8.13. The summed E-state index contributed by atoms with van der Waals surface area (Å²) in [5.41, 5.74) is 2.43. The first-order valence-electron chi connectivity index (χ1n) is 9.11. The van der Waals surface area contributed by atoms with Crippen LogP contribution in [0.2, 0.25) is 0 Å². The molecular weight excluding hydrogens is 344 g/mol. The third kappa shape index (κ3) is 4.59. The minimum absolute atomic E-state index is 0.165. The molecule has 4 rings (SSSR count). The number of benzene rings is 1. The van der Waals surface area contributed by atoms with Crippen LogP contribution >= 0.6 is 0 Å². The van der Waals surface area contributed by atoms with E-state index in [4.69, 9.17) is 4.74 Å². The van der Waals surface area contributed by atoms with E-state index < -0.39 is 0 Å². The molecule has 1 atom stereocenters. The number of nitrogens with zero attached hydrogens (tertiary/aromatic N) is 5. The highest BCUT2D eigenvalue weighted by Gasteiger charge is 2.18. The summed E-state index contributed by atoms with van der Waals surface area (Å²) in [6.45, 7) is 2.52. The lowest BCUT2D eigenvalue weighted by Crippen LogP contribution is -2.23. The van der Waals surface area contributed by atoms with Gasteiger partial charge in [-0.2, -0.15) is 5.10 Å². The van der Waals surface area contributed by atoms with Crippen molar-refractivity contribution in [2.24, 2.45) is 0 Å². The number of nitrogens with one attached hydrogen (secondary N) is 1. The van der Waals surface area contributed by atoms with Gasteiger partial charge in [-0.05, 0) is 18.4 Å². The Bertz CT molecular complexity index is 883. The molecule has 1 aliphatic rings. The molecule has 140 valence electrons. The fourth-order valence-electron chi connectivity index (χ4n) is 3.12. The number of carbonyl (C=O) groups excluding carboxylic acids is 1. The van der Waals surface area contributed by atoms with Crippen molar-refractivity contribution in [2.75, 3.05) is 6.61 Å². The zero-order valence-corrected chi connectivity index (χ0v) is 15.0. The van der Waals surface area contributed by atoms with Gasteiger partial charge in [-0.15, -0.1) is 5.10 Å². The maximum Gasteiger partial charge on any atom is 0.273 e. The van der Waals surface area contributed by atoms with Gasteiger partial charge in [0.2, 0.25) is 0 Å². The molecule has 0 radical (unpaired) electrons. The molecule has 0 spiro atoms. The van der Waals surface area contributed by atoms with E-state index in [-0.39, 0.29) is 12.0 Å². The number of amides is 1. The minimum Gasteiger partial charge on any atom is -0.376 e. The van der Waals surface area contributed by atoms with E-state index in [1.54, 1.807) is 17.1 Å². The lowest BCUT2D eigenvalue weighted by atomic mass is 10.2. The van der Waals surface area contributed by atoms with Gasteiger partial charge in [0.25, 0.3) is 5.91 Å². The van der Waals surface area contributed by atoms with Crippen molar-refractivity contribution in [2.45, 2.75) is 38.6 Å². The fourth-order valence-corrected chi connectivity index (χ4v) is 3.12. The number of hydrogen-bond acceptors (Lipinski definition) is 5. The Labute approximate surface area is 157 Å². The molecule has 1 aliphatic heterocycles. The molecule has 0 bridgehead atoms. The van der Waals surface area contributed by atoms with Crippen LogP contribution in [0, 0.1) is 0 Å². The monoisotopic (exact) mass is 366 g/mol. The van der Waals surface area contributed by atoms with E-state index in [0.29, 0.717) is 25.3 Å². The number of ether oxygens (including phenoxy) is 1. The molecule has 8 nitrogen and oxygen atoms in total. The first-order chi connectivity index (χ1) is 13.3. The van der Waals surface area contributed by atoms with E-state index in [2.05, 4.69) is 32.9 Å². The first kappa shape index (κ1) is 17.4. The largest absolute Gasteiger partial charge is 0.376 e. The Hall–Kier alpha value is -3.00. The zero-order chi connectivity index (χ0) is 18.5. The molecule has 1 N–H and O–H groups in total. The predicted molar refractivity (Wildman–Crippen MR) is 97.9 cm³/mol. The third-order valence-corrected chi connectivity index (χ3v) is 4.51. The van der Waals surface area contributed by atoms with Crippen LogP contribution in [-0.2, 0) is 24.4 Å². The summed E-state index contributed by atoms with van der Waals surface area (Å²) in [7, 11) is 0. The van der Waals surface area contributed by atoms with Gasteiger partial charge in [0, 0.05) is 24.9 Å². The molecule has 0 aliphatic carbocycles. The highest BCUT2D eigenvalue weighted by molar-refractivity contribution is 5.91. The van der Waals surface area contributed by atoms with Crippen LogP contribution in [0.15, 0.2) is 48.9 Å². The molecular formula is C19H22N6O2. The Morgan fingerprint density at radius 3 is 2.89 bits per heavy atom.